The Morgan fingerprint density at radius 3 is 2.76 bits per heavy atom. The van der Waals surface area contributed by atoms with E-state index in [1.165, 1.54) is 0 Å². The van der Waals surface area contributed by atoms with Crippen LogP contribution in [0.4, 0.5) is 5.82 Å². The van der Waals surface area contributed by atoms with Gasteiger partial charge in [0, 0.05) is 0 Å². The van der Waals surface area contributed by atoms with Crippen LogP contribution in [0.15, 0.2) is 27.5 Å². The summed E-state index contributed by atoms with van der Waals surface area (Å²) in [5.41, 5.74) is 7.65. The number of hydrogen-bond acceptors (Lipinski definition) is 4. The standard InChI is InChI=1S/C12H14BrN3O/c1-7(2)5-9-10(13)11(14)16-12(15-9)8-3-4-17-6-8/h3-4,6-7H,5H2,1-2H3,(H2,14,15,16). The van der Waals surface area contributed by atoms with Crippen molar-refractivity contribution >= 4 is 21.7 Å². The molecule has 0 bridgehead atoms. The zero-order chi connectivity index (χ0) is 12.4. The molecule has 0 unspecified atom stereocenters. The minimum absolute atomic E-state index is 0.465. The van der Waals surface area contributed by atoms with Crippen molar-refractivity contribution in [1.82, 2.24) is 9.97 Å². The first-order valence-electron chi connectivity index (χ1n) is 5.42. The van der Waals surface area contributed by atoms with Gasteiger partial charge >= 0.3 is 0 Å². The highest BCUT2D eigenvalue weighted by Crippen LogP contribution is 2.26. The third kappa shape index (κ3) is 2.66. The summed E-state index contributed by atoms with van der Waals surface area (Å²) in [4.78, 5) is 8.76. The summed E-state index contributed by atoms with van der Waals surface area (Å²) in [6.07, 6.45) is 4.07. The molecule has 0 saturated heterocycles. The maximum atomic E-state index is 5.87. The third-order valence-corrected chi connectivity index (χ3v) is 3.19. The Labute approximate surface area is 108 Å². The first-order valence-corrected chi connectivity index (χ1v) is 6.21. The molecular formula is C12H14BrN3O. The average Bonchev–Trinajstić information content (AvgIpc) is 2.77. The Kier molecular flexibility index (Phi) is 3.47. The number of furan rings is 1. The molecule has 2 N–H and O–H groups in total. The lowest BCUT2D eigenvalue weighted by molar-refractivity contribution is 0.568. The van der Waals surface area contributed by atoms with Gasteiger partial charge in [-0.1, -0.05) is 13.8 Å². The zero-order valence-electron chi connectivity index (χ0n) is 9.77. The van der Waals surface area contributed by atoms with Gasteiger partial charge in [-0.2, -0.15) is 0 Å². The molecule has 5 heteroatoms. The number of rotatable bonds is 3. The Morgan fingerprint density at radius 2 is 2.18 bits per heavy atom. The maximum absolute atomic E-state index is 5.87. The summed E-state index contributed by atoms with van der Waals surface area (Å²) < 4.78 is 5.82. The van der Waals surface area contributed by atoms with Crippen molar-refractivity contribution in [2.45, 2.75) is 20.3 Å². The monoisotopic (exact) mass is 295 g/mol. The SMILES string of the molecule is CC(C)Cc1nc(-c2ccoc2)nc(N)c1Br. The molecule has 0 amide bonds. The number of nitrogens with two attached hydrogens (primary N) is 1. The van der Waals surface area contributed by atoms with E-state index in [9.17, 15) is 0 Å². The molecule has 0 aromatic carbocycles. The molecule has 0 aliphatic rings. The van der Waals surface area contributed by atoms with Crippen LogP contribution >= 0.6 is 15.9 Å². The second-order valence-electron chi connectivity index (χ2n) is 4.30. The van der Waals surface area contributed by atoms with Gasteiger partial charge in [-0.25, -0.2) is 9.97 Å². The molecule has 0 aliphatic carbocycles. The van der Waals surface area contributed by atoms with Gasteiger partial charge in [0.05, 0.1) is 22.0 Å². The van der Waals surface area contributed by atoms with E-state index in [0.717, 1.165) is 22.2 Å². The van der Waals surface area contributed by atoms with Crippen LogP contribution in [0.1, 0.15) is 19.5 Å². The highest BCUT2D eigenvalue weighted by Gasteiger charge is 2.13. The average molecular weight is 296 g/mol. The highest BCUT2D eigenvalue weighted by molar-refractivity contribution is 9.10. The summed E-state index contributed by atoms with van der Waals surface area (Å²) in [6, 6.07) is 1.82. The fourth-order valence-corrected chi connectivity index (χ4v) is 1.89. The van der Waals surface area contributed by atoms with Crippen LogP contribution in [0.2, 0.25) is 0 Å². The Morgan fingerprint density at radius 1 is 1.41 bits per heavy atom. The third-order valence-electron chi connectivity index (χ3n) is 2.33. The second kappa shape index (κ2) is 4.87. The number of nitrogen functional groups attached to an aromatic ring is 1. The Hall–Kier alpha value is -1.36. The molecule has 2 aromatic rings. The van der Waals surface area contributed by atoms with E-state index < -0.39 is 0 Å². The quantitative estimate of drug-likeness (QED) is 0.944. The highest BCUT2D eigenvalue weighted by atomic mass is 79.9. The van der Waals surface area contributed by atoms with Crippen molar-refractivity contribution in [2.24, 2.45) is 5.92 Å². The predicted molar refractivity (Wildman–Crippen MR) is 70.4 cm³/mol. The lowest BCUT2D eigenvalue weighted by Gasteiger charge is -2.09. The first-order chi connectivity index (χ1) is 8.08. The van der Waals surface area contributed by atoms with E-state index >= 15 is 0 Å². The molecule has 2 rings (SSSR count). The summed E-state index contributed by atoms with van der Waals surface area (Å²) in [5, 5.41) is 0. The van der Waals surface area contributed by atoms with E-state index in [1.54, 1.807) is 12.5 Å². The van der Waals surface area contributed by atoms with E-state index in [1.807, 2.05) is 6.07 Å². The van der Waals surface area contributed by atoms with Crippen LogP contribution in [0.3, 0.4) is 0 Å². The first kappa shape index (κ1) is 12.1. The Bertz CT molecular complexity index is 509. The van der Waals surface area contributed by atoms with Crippen LogP contribution < -0.4 is 5.73 Å². The zero-order valence-corrected chi connectivity index (χ0v) is 11.4. The molecule has 17 heavy (non-hydrogen) atoms. The molecule has 90 valence electrons. The van der Waals surface area contributed by atoms with Gasteiger partial charge < -0.3 is 10.2 Å². The van der Waals surface area contributed by atoms with E-state index in [0.29, 0.717) is 17.6 Å². The molecule has 0 aliphatic heterocycles. The topological polar surface area (TPSA) is 64.9 Å². The van der Waals surface area contributed by atoms with Gasteiger partial charge in [0.15, 0.2) is 5.82 Å². The minimum Gasteiger partial charge on any atom is -0.472 e. The van der Waals surface area contributed by atoms with Crippen molar-refractivity contribution in [1.29, 1.82) is 0 Å². The van der Waals surface area contributed by atoms with Crippen molar-refractivity contribution in [3.8, 4) is 11.4 Å². The summed E-state index contributed by atoms with van der Waals surface area (Å²) in [7, 11) is 0. The van der Waals surface area contributed by atoms with Crippen molar-refractivity contribution in [3.63, 3.8) is 0 Å². The van der Waals surface area contributed by atoms with E-state index in [2.05, 4.69) is 39.7 Å². The fraction of sp³-hybridized carbons (Fsp3) is 0.333. The van der Waals surface area contributed by atoms with Gasteiger partial charge in [-0.05, 0) is 34.3 Å². The smallest absolute Gasteiger partial charge is 0.165 e. The second-order valence-corrected chi connectivity index (χ2v) is 5.10. The molecular weight excluding hydrogens is 282 g/mol. The number of nitrogens with zero attached hydrogens (tertiary/aromatic N) is 2. The molecule has 2 aromatic heterocycles. The lowest BCUT2D eigenvalue weighted by Crippen LogP contribution is -2.05. The number of aromatic nitrogens is 2. The van der Waals surface area contributed by atoms with Gasteiger partial charge in [0.2, 0.25) is 0 Å². The number of hydrogen-bond donors (Lipinski definition) is 1. The molecule has 0 fully saturated rings. The fourth-order valence-electron chi connectivity index (χ4n) is 1.56. The summed E-state index contributed by atoms with van der Waals surface area (Å²) >= 11 is 3.43. The molecule has 0 radical (unpaired) electrons. The summed E-state index contributed by atoms with van der Waals surface area (Å²) in [6.45, 7) is 4.28. The van der Waals surface area contributed by atoms with Crippen LogP contribution in [0.25, 0.3) is 11.4 Å². The van der Waals surface area contributed by atoms with E-state index in [-0.39, 0.29) is 0 Å². The number of anilines is 1. The largest absolute Gasteiger partial charge is 0.472 e. The van der Waals surface area contributed by atoms with Gasteiger partial charge in [0.1, 0.15) is 12.1 Å². The van der Waals surface area contributed by atoms with Gasteiger partial charge in [0.25, 0.3) is 0 Å². The van der Waals surface area contributed by atoms with Crippen molar-refractivity contribution in [2.75, 3.05) is 5.73 Å². The van der Waals surface area contributed by atoms with Crippen LogP contribution in [-0.4, -0.2) is 9.97 Å². The van der Waals surface area contributed by atoms with E-state index in [4.69, 9.17) is 10.2 Å². The number of halogens is 1. The summed E-state index contributed by atoms with van der Waals surface area (Å²) in [5.74, 6) is 1.58. The van der Waals surface area contributed by atoms with Crippen molar-refractivity contribution in [3.05, 3.63) is 28.8 Å². The Balaban J connectivity index is 2.46. The minimum atomic E-state index is 0.465. The van der Waals surface area contributed by atoms with Crippen LogP contribution in [-0.2, 0) is 6.42 Å². The van der Waals surface area contributed by atoms with Crippen molar-refractivity contribution < 1.29 is 4.42 Å². The normalized spacial score (nSPS) is 11.1. The molecule has 0 saturated carbocycles. The maximum Gasteiger partial charge on any atom is 0.165 e. The lowest BCUT2D eigenvalue weighted by atomic mass is 10.1. The van der Waals surface area contributed by atoms with Gasteiger partial charge in [-0.3, -0.25) is 0 Å². The molecule has 2 heterocycles. The van der Waals surface area contributed by atoms with Crippen LogP contribution in [0.5, 0.6) is 0 Å². The van der Waals surface area contributed by atoms with Gasteiger partial charge in [-0.15, -0.1) is 0 Å². The molecule has 4 nitrogen and oxygen atoms in total. The predicted octanol–water partition coefficient (Wildman–Crippen LogP) is 3.28. The molecule has 0 atom stereocenters. The van der Waals surface area contributed by atoms with Crippen LogP contribution in [0, 0.1) is 5.92 Å². The molecule has 0 spiro atoms.